The van der Waals surface area contributed by atoms with E-state index in [1.165, 1.54) is 0 Å². The molecule has 0 saturated carbocycles. The number of phenols is 4. The van der Waals surface area contributed by atoms with E-state index in [4.69, 9.17) is 29.9 Å². The summed E-state index contributed by atoms with van der Waals surface area (Å²) in [6.45, 7) is 0. The molecule has 0 fully saturated rings. The number of para-hydroxylation sites is 4. The average Bonchev–Trinajstić information content (AvgIpc) is 1.68. The Morgan fingerprint density at radius 2 is 0.523 bits per heavy atom. The molecule has 12 heteroatoms. The van der Waals surface area contributed by atoms with E-state index in [1.807, 2.05) is 194 Å². The molecule has 0 aliphatic carbocycles. The molecule has 2 aliphatic rings. The van der Waals surface area contributed by atoms with Gasteiger partial charge in [0.1, 0.15) is 23.0 Å². The van der Waals surface area contributed by atoms with Crippen LogP contribution in [0.25, 0.3) is 188 Å². The van der Waals surface area contributed by atoms with Crippen molar-refractivity contribution in [3.05, 3.63) is 229 Å². The molecule has 24 bridgehead atoms. The van der Waals surface area contributed by atoms with Gasteiger partial charge in [-0.25, -0.2) is 29.9 Å². The fourth-order valence-corrected chi connectivity index (χ4v) is 13.1. The molecule has 18 rings (SSSR count). The van der Waals surface area contributed by atoms with Crippen molar-refractivity contribution in [3.63, 3.8) is 0 Å². The van der Waals surface area contributed by atoms with E-state index in [2.05, 4.69) is 46.4 Å². The van der Waals surface area contributed by atoms with Crippen LogP contribution in [0.15, 0.2) is 206 Å². The first-order valence-electron chi connectivity index (χ1n) is 28.9. The summed E-state index contributed by atoms with van der Waals surface area (Å²) in [5.41, 5.74) is 13.9. The molecule has 0 saturated heterocycles. The lowest BCUT2D eigenvalue weighted by Crippen LogP contribution is -1.88. The Labute approximate surface area is 498 Å². The summed E-state index contributed by atoms with van der Waals surface area (Å²) in [6.07, 6.45) is 7.81. The Kier molecular flexibility index (Phi) is 10.4. The summed E-state index contributed by atoms with van der Waals surface area (Å²) < 4.78 is 0. The molecule has 0 radical (unpaired) electrons. The van der Waals surface area contributed by atoms with Gasteiger partial charge < -0.3 is 30.4 Å². The molecule has 6 N–H and O–H groups in total. The minimum absolute atomic E-state index is 0.0596. The van der Waals surface area contributed by atoms with E-state index in [0.717, 1.165) is 65.6 Å². The molecular weight excluding hydrogens is 1090 g/mol. The second-order valence-corrected chi connectivity index (χ2v) is 22.5. The third kappa shape index (κ3) is 7.52. The van der Waals surface area contributed by atoms with Crippen LogP contribution < -0.4 is 0 Å². The lowest BCUT2D eigenvalue weighted by atomic mass is 9.96. The Bertz CT molecular complexity index is 5830. The molecule has 10 heterocycles. The van der Waals surface area contributed by atoms with Crippen LogP contribution in [0, 0.1) is 0 Å². The fourth-order valence-electron chi connectivity index (χ4n) is 13.1. The largest absolute Gasteiger partial charge is 0.507 e. The number of nitrogens with zero attached hydrogens (tertiary/aromatic N) is 6. The number of hydrogen-bond acceptors (Lipinski definition) is 10. The molecule has 16 aromatic rings. The molecule has 12 nitrogen and oxygen atoms in total. The highest BCUT2D eigenvalue weighted by atomic mass is 16.3. The SMILES string of the molecule is Oc1c2cccc1c1ccc3ccc4ccc(nc4c3n1)c1cccc(c1O)c1ccc([nH]1)c(-c1ccc3cc(-c4c5nc(c6cccc(c6O)c6ccc7ccc8ccc(nc8c7n6)c6cccc(c6O)c6ccc4[nH]6)C=C5)ccc3c1)c1nc2C=C1. The number of benzene rings is 8. The normalized spacial score (nSPS) is 12.4. The van der Waals surface area contributed by atoms with E-state index in [1.54, 1.807) is 0 Å². The highest BCUT2D eigenvalue weighted by Crippen LogP contribution is 2.42. The first-order chi connectivity index (χ1) is 43.2. The second kappa shape index (κ2) is 18.6. The van der Waals surface area contributed by atoms with Crippen LogP contribution >= 0.6 is 0 Å². The fraction of sp³-hybridized carbons (Fsp3) is 0. The molecule has 412 valence electrons. The quantitative estimate of drug-likeness (QED) is 0.0909. The van der Waals surface area contributed by atoms with Crippen LogP contribution in [-0.4, -0.2) is 60.3 Å². The first kappa shape index (κ1) is 49.2. The lowest BCUT2D eigenvalue weighted by molar-refractivity contribution is 0.486. The Hall–Kier alpha value is -12.3. The maximum absolute atomic E-state index is 12.2. The van der Waals surface area contributed by atoms with Gasteiger partial charge in [-0.05, 0) is 155 Å². The minimum atomic E-state index is 0.0596. The van der Waals surface area contributed by atoms with Gasteiger partial charge in [0.25, 0.3) is 0 Å². The van der Waals surface area contributed by atoms with Crippen molar-refractivity contribution >= 4 is 166 Å². The van der Waals surface area contributed by atoms with Crippen molar-refractivity contribution in [2.24, 2.45) is 0 Å². The summed E-state index contributed by atoms with van der Waals surface area (Å²) in [6, 6.07) is 67.1. The van der Waals surface area contributed by atoms with Gasteiger partial charge in [-0.1, -0.05) is 97.1 Å². The molecule has 8 aromatic carbocycles. The number of H-pyrrole nitrogens is 2. The second-order valence-electron chi connectivity index (χ2n) is 22.5. The number of hydrogen-bond donors (Lipinski definition) is 6. The molecule has 0 atom stereocenters. The zero-order valence-corrected chi connectivity index (χ0v) is 46.4. The van der Waals surface area contributed by atoms with E-state index in [-0.39, 0.29) is 23.0 Å². The van der Waals surface area contributed by atoms with Crippen molar-refractivity contribution in [3.8, 4) is 45.3 Å². The molecule has 2 aliphatic heterocycles. The van der Waals surface area contributed by atoms with Gasteiger partial charge in [-0.3, -0.25) is 0 Å². The van der Waals surface area contributed by atoms with Crippen LogP contribution in [0.5, 0.6) is 23.0 Å². The van der Waals surface area contributed by atoms with Crippen LogP contribution in [0.4, 0.5) is 0 Å². The van der Waals surface area contributed by atoms with Crippen LogP contribution in [-0.2, 0) is 0 Å². The van der Waals surface area contributed by atoms with Crippen LogP contribution in [0.1, 0.15) is 22.8 Å². The summed E-state index contributed by atoms with van der Waals surface area (Å²) in [5.74, 6) is 0.285. The number of rotatable bonds is 2. The van der Waals surface area contributed by atoms with Crippen molar-refractivity contribution in [1.82, 2.24) is 39.9 Å². The monoisotopic (exact) mass is 1130 g/mol. The lowest BCUT2D eigenvalue weighted by Gasteiger charge is -2.09. The first-order valence-corrected chi connectivity index (χ1v) is 28.9. The zero-order chi connectivity index (χ0) is 58.5. The Morgan fingerprint density at radius 1 is 0.239 bits per heavy atom. The van der Waals surface area contributed by atoms with Gasteiger partial charge in [0.2, 0.25) is 0 Å². The molecule has 88 heavy (non-hydrogen) atoms. The number of aromatic hydroxyl groups is 4. The zero-order valence-electron chi connectivity index (χ0n) is 46.4. The van der Waals surface area contributed by atoms with Gasteiger partial charge in [0.15, 0.2) is 0 Å². The summed E-state index contributed by atoms with van der Waals surface area (Å²) in [4.78, 5) is 38.5. The standard InChI is InChI=1S/C76H44N8O4/c85-73-47-5-1-9-51(73)59-25-21-39-13-14-40-22-26-60(82-70(40)69(39)81-59)52-10-2-6-48(74(52)86)56-30-34-64(78-56)67(63-33-29-55(47)77-63)45-19-17-44-38-46(20-18-43(44)37-45)68-65-35-31-57(79-65)49-7-3-11-53(75(49)87)61-27-23-41-15-16-42-24-28-62(84-72(42)71(41)83-61)54-12-4-8-50(76(54)88)58-32-36-66(68)80-58/h1-38,77,79,85-88H. The van der Waals surface area contributed by atoms with Crippen LogP contribution in [0.3, 0.4) is 0 Å². The number of aromatic amines is 2. The molecule has 0 amide bonds. The van der Waals surface area contributed by atoms with Gasteiger partial charge in [0, 0.05) is 97.8 Å². The summed E-state index contributed by atoms with van der Waals surface area (Å²) in [7, 11) is 0. The maximum atomic E-state index is 12.2. The summed E-state index contributed by atoms with van der Waals surface area (Å²) >= 11 is 0. The smallest absolute Gasteiger partial charge is 0.134 e. The molecule has 0 unspecified atom stereocenters. The Balaban J connectivity index is 0.856. The average molecular weight is 1130 g/mol. The van der Waals surface area contributed by atoms with Crippen LogP contribution in [0.2, 0.25) is 0 Å². The van der Waals surface area contributed by atoms with Gasteiger partial charge >= 0.3 is 0 Å². The predicted octanol–water partition coefficient (Wildman–Crippen LogP) is 18.2. The van der Waals surface area contributed by atoms with E-state index in [0.29, 0.717) is 121 Å². The summed E-state index contributed by atoms with van der Waals surface area (Å²) in [5, 5.41) is 58.8. The number of aromatic nitrogens is 8. The van der Waals surface area contributed by atoms with Crippen molar-refractivity contribution in [2.45, 2.75) is 0 Å². The maximum Gasteiger partial charge on any atom is 0.134 e. The third-order valence-corrected chi connectivity index (χ3v) is 17.5. The van der Waals surface area contributed by atoms with Crippen molar-refractivity contribution in [1.29, 1.82) is 0 Å². The van der Waals surface area contributed by atoms with Gasteiger partial charge in [0.05, 0.1) is 66.9 Å². The number of nitrogens with one attached hydrogen (secondary N) is 2. The minimum Gasteiger partial charge on any atom is -0.507 e. The number of fused-ring (bicyclic) bond motifs is 29. The Morgan fingerprint density at radius 3 is 0.886 bits per heavy atom. The van der Waals surface area contributed by atoms with Crippen molar-refractivity contribution < 1.29 is 20.4 Å². The number of pyridine rings is 4. The third-order valence-electron chi connectivity index (χ3n) is 17.5. The number of phenolic OH excluding ortho intramolecular Hbond substituents is 4. The molecule has 8 aromatic heterocycles. The topological polar surface area (TPSA) is 190 Å². The van der Waals surface area contributed by atoms with E-state index < -0.39 is 0 Å². The van der Waals surface area contributed by atoms with E-state index >= 15 is 0 Å². The molecular formula is C76H44N8O4. The van der Waals surface area contributed by atoms with E-state index in [9.17, 15) is 20.4 Å². The van der Waals surface area contributed by atoms with Gasteiger partial charge in [-0.2, -0.15) is 0 Å². The highest BCUT2D eigenvalue weighted by Gasteiger charge is 2.20. The van der Waals surface area contributed by atoms with Crippen molar-refractivity contribution in [2.75, 3.05) is 0 Å². The van der Waals surface area contributed by atoms with Gasteiger partial charge in [-0.15, -0.1) is 0 Å². The predicted molar refractivity (Wildman–Crippen MR) is 358 cm³/mol. The molecule has 0 spiro atoms. The highest BCUT2D eigenvalue weighted by molar-refractivity contribution is 6.11.